The molecule has 0 aliphatic rings. The molecule has 0 spiro atoms. The number of hydrogen-bond donors (Lipinski definition) is 3. The Hall–Kier alpha value is -2.07. The van der Waals surface area contributed by atoms with Crippen LogP contribution in [0.4, 0.5) is 11.5 Å². The maximum absolute atomic E-state index is 9.45. The van der Waals surface area contributed by atoms with Gasteiger partial charge in [-0.25, -0.2) is 4.98 Å². The molecule has 0 bridgehead atoms. The highest BCUT2D eigenvalue weighted by Gasteiger charge is 2.10. The molecule has 4 N–H and O–H groups in total. The van der Waals surface area contributed by atoms with Crippen molar-refractivity contribution in [2.24, 2.45) is 0 Å². The number of nitrogen functional groups attached to an aromatic ring is 1. The van der Waals surface area contributed by atoms with Crippen molar-refractivity contribution in [3.8, 4) is 0 Å². The van der Waals surface area contributed by atoms with E-state index in [-0.39, 0.29) is 12.6 Å². The molecular formula is C14H17N3O. The molecule has 1 atom stereocenters. The molecule has 0 radical (unpaired) electrons. The number of aliphatic hydroxyl groups excluding tert-OH is 1. The molecule has 1 unspecified atom stereocenters. The van der Waals surface area contributed by atoms with Gasteiger partial charge in [0.1, 0.15) is 5.82 Å². The summed E-state index contributed by atoms with van der Waals surface area (Å²) >= 11 is 0. The SMILES string of the molecule is Cc1cc(NC(CO)c2ccccc2)ncc1N. The predicted octanol–water partition coefficient (Wildman–Crippen LogP) is 2.12. The van der Waals surface area contributed by atoms with E-state index >= 15 is 0 Å². The van der Waals surface area contributed by atoms with Crippen molar-refractivity contribution < 1.29 is 5.11 Å². The van der Waals surface area contributed by atoms with Crippen LogP contribution in [0.15, 0.2) is 42.6 Å². The fourth-order valence-corrected chi connectivity index (χ4v) is 1.74. The first kappa shape index (κ1) is 12.4. The predicted molar refractivity (Wildman–Crippen MR) is 73.3 cm³/mol. The largest absolute Gasteiger partial charge is 0.397 e. The Labute approximate surface area is 106 Å². The van der Waals surface area contributed by atoms with E-state index in [1.165, 1.54) is 0 Å². The molecule has 0 amide bonds. The molecule has 4 heteroatoms. The topological polar surface area (TPSA) is 71.2 Å². The number of nitrogens with zero attached hydrogens (tertiary/aromatic N) is 1. The third-order valence-corrected chi connectivity index (χ3v) is 2.86. The molecular weight excluding hydrogens is 226 g/mol. The Morgan fingerprint density at radius 2 is 2.06 bits per heavy atom. The number of aromatic nitrogens is 1. The van der Waals surface area contributed by atoms with E-state index < -0.39 is 0 Å². The first-order chi connectivity index (χ1) is 8.70. The van der Waals surface area contributed by atoms with Crippen LogP contribution < -0.4 is 11.1 Å². The van der Waals surface area contributed by atoms with Crippen molar-refractivity contribution in [2.75, 3.05) is 17.7 Å². The number of benzene rings is 1. The molecule has 2 aromatic rings. The number of nitrogens with two attached hydrogens (primary N) is 1. The van der Waals surface area contributed by atoms with Crippen LogP contribution in [0, 0.1) is 6.92 Å². The molecule has 4 nitrogen and oxygen atoms in total. The fraction of sp³-hybridized carbons (Fsp3) is 0.214. The Morgan fingerprint density at radius 1 is 1.33 bits per heavy atom. The van der Waals surface area contributed by atoms with Gasteiger partial charge in [0.2, 0.25) is 0 Å². The molecule has 0 saturated carbocycles. The van der Waals surface area contributed by atoms with E-state index in [1.807, 2.05) is 43.3 Å². The van der Waals surface area contributed by atoms with Gasteiger partial charge in [0.15, 0.2) is 0 Å². The zero-order chi connectivity index (χ0) is 13.0. The first-order valence-electron chi connectivity index (χ1n) is 5.85. The van der Waals surface area contributed by atoms with E-state index in [0.717, 1.165) is 11.1 Å². The molecule has 0 fully saturated rings. The van der Waals surface area contributed by atoms with Gasteiger partial charge in [-0.15, -0.1) is 0 Å². The highest BCUT2D eigenvalue weighted by molar-refractivity contribution is 5.51. The molecule has 1 heterocycles. The van der Waals surface area contributed by atoms with Gasteiger partial charge in [0, 0.05) is 0 Å². The number of aliphatic hydroxyl groups is 1. The second kappa shape index (κ2) is 5.51. The fourth-order valence-electron chi connectivity index (χ4n) is 1.74. The van der Waals surface area contributed by atoms with Gasteiger partial charge >= 0.3 is 0 Å². The van der Waals surface area contributed by atoms with Crippen molar-refractivity contribution in [3.05, 3.63) is 53.7 Å². The summed E-state index contributed by atoms with van der Waals surface area (Å²) < 4.78 is 0. The van der Waals surface area contributed by atoms with Gasteiger partial charge in [0.05, 0.1) is 24.5 Å². The van der Waals surface area contributed by atoms with Crippen molar-refractivity contribution >= 4 is 11.5 Å². The highest BCUT2D eigenvalue weighted by atomic mass is 16.3. The number of hydrogen-bond acceptors (Lipinski definition) is 4. The molecule has 0 aliphatic carbocycles. The lowest BCUT2D eigenvalue weighted by Crippen LogP contribution is -2.15. The summed E-state index contributed by atoms with van der Waals surface area (Å²) in [4.78, 5) is 4.21. The van der Waals surface area contributed by atoms with Crippen molar-refractivity contribution in [2.45, 2.75) is 13.0 Å². The van der Waals surface area contributed by atoms with Gasteiger partial charge in [-0.3, -0.25) is 0 Å². The Kier molecular flexibility index (Phi) is 3.79. The summed E-state index contributed by atoms with van der Waals surface area (Å²) in [5, 5.41) is 12.6. The van der Waals surface area contributed by atoms with Gasteiger partial charge in [-0.1, -0.05) is 30.3 Å². The van der Waals surface area contributed by atoms with Crippen LogP contribution in [0.2, 0.25) is 0 Å². The van der Waals surface area contributed by atoms with Crippen LogP contribution in [0.1, 0.15) is 17.2 Å². The summed E-state index contributed by atoms with van der Waals surface area (Å²) in [6.07, 6.45) is 1.62. The molecule has 18 heavy (non-hydrogen) atoms. The molecule has 1 aromatic carbocycles. The second-order valence-electron chi connectivity index (χ2n) is 4.22. The average Bonchev–Trinajstić information content (AvgIpc) is 2.41. The maximum Gasteiger partial charge on any atom is 0.126 e. The lowest BCUT2D eigenvalue weighted by atomic mass is 10.1. The third-order valence-electron chi connectivity index (χ3n) is 2.86. The van der Waals surface area contributed by atoms with E-state index in [9.17, 15) is 5.11 Å². The number of anilines is 2. The molecule has 2 rings (SSSR count). The van der Waals surface area contributed by atoms with Crippen LogP contribution in [0.3, 0.4) is 0 Å². The van der Waals surface area contributed by atoms with E-state index in [4.69, 9.17) is 5.73 Å². The Morgan fingerprint density at radius 3 is 2.67 bits per heavy atom. The standard InChI is InChI=1S/C14H17N3O/c1-10-7-14(16-8-12(10)15)17-13(9-18)11-5-3-2-4-6-11/h2-8,13,18H,9,15H2,1H3,(H,16,17). The number of pyridine rings is 1. The summed E-state index contributed by atoms with van der Waals surface area (Å²) in [7, 11) is 0. The quantitative estimate of drug-likeness (QED) is 0.769. The van der Waals surface area contributed by atoms with Crippen LogP contribution in [-0.4, -0.2) is 16.7 Å². The summed E-state index contributed by atoms with van der Waals surface area (Å²) in [5.74, 6) is 0.713. The number of nitrogens with one attached hydrogen (secondary N) is 1. The summed E-state index contributed by atoms with van der Waals surface area (Å²) in [6, 6.07) is 11.5. The molecule has 0 saturated heterocycles. The second-order valence-corrected chi connectivity index (χ2v) is 4.22. The van der Waals surface area contributed by atoms with E-state index in [2.05, 4.69) is 10.3 Å². The average molecular weight is 243 g/mol. The minimum absolute atomic E-state index is 0.00905. The van der Waals surface area contributed by atoms with Crippen LogP contribution in [0.25, 0.3) is 0 Å². The number of rotatable bonds is 4. The zero-order valence-electron chi connectivity index (χ0n) is 10.3. The van der Waals surface area contributed by atoms with Gasteiger partial charge in [-0.2, -0.15) is 0 Å². The lowest BCUT2D eigenvalue weighted by molar-refractivity contribution is 0.276. The summed E-state index contributed by atoms with van der Waals surface area (Å²) in [5.41, 5.74) is 8.38. The van der Waals surface area contributed by atoms with E-state index in [1.54, 1.807) is 6.20 Å². The van der Waals surface area contributed by atoms with Crippen LogP contribution in [0.5, 0.6) is 0 Å². The minimum Gasteiger partial charge on any atom is -0.397 e. The molecule has 94 valence electrons. The Bertz CT molecular complexity index is 514. The monoisotopic (exact) mass is 243 g/mol. The van der Waals surface area contributed by atoms with Crippen molar-refractivity contribution in [1.82, 2.24) is 4.98 Å². The first-order valence-corrected chi connectivity index (χ1v) is 5.85. The van der Waals surface area contributed by atoms with Crippen LogP contribution >= 0.6 is 0 Å². The van der Waals surface area contributed by atoms with Gasteiger partial charge in [0.25, 0.3) is 0 Å². The van der Waals surface area contributed by atoms with Crippen LogP contribution in [-0.2, 0) is 0 Å². The highest BCUT2D eigenvalue weighted by Crippen LogP contribution is 2.20. The van der Waals surface area contributed by atoms with Gasteiger partial charge in [-0.05, 0) is 24.1 Å². The van der Waals surface area contributed by atoms with E-state index in [0.29, 0.717) is 11.5 Å². The van der Waals surface area contributed by atoms with Gasteiger partial charge < -0.3 is 16.2 Å². The lowest BCUT2D eigenvalue weighted by Gasteiger charge is -2.17. The smallest absolute Gasteiger partial charge is 0.126 e. The number of aryl methyl sites for hydroxylation is 1. The molecule has 1 aromatic heterocycles. The zero-order valence-corrected chi connectivity index (χ0v) is 10.3. The minimum atomic E-state index is -0.165. The maximum atomic E-state index is 9.45. The summed E-state index contributed by atoms with van der Waals surface area (Å²) in [6.45, 7) is 1.94. The third kappa shape index (κ3) is 2.78. The molecule has 0 aliphatic heterocycles. The van der Waals surface area contributed by atoms with Crippen molar-refractivity contribution in [1.29, 1.82) is 0 Å². The Balaban J connectivity index is 2.18. The normalized spacial score (nSPS) is 12.1. The van der Waals surface area contributed by atoms with Crippen molar-refractivity contribution in [3.63, 3.8) is 0 Å².